The smallest absolute Gasteiger partial charge is 0.195 e. The molecule has 6 rings (SSSR count). The summed E-state index contributed by atoms with van der Waals surface area (Å²) in [7, 11) is 0. The molecule has 2 saturated heterocycles. The summed E-state index contributed by atoms with van der Waals surface area (Å²) in [6.07, 6.45) is 13.2. The highest BCUT2D eigenvalue weighted by Gasteiger charge is 2.59. The number of carbonyl (C=O) groups excluding carboxylic acids is 1. The van der Waals surface area contributed by atoms with Gasteiger partial charge in [0.2, 0.25) is 0 Å². The van der Waals surface area contributed by atoms with Gasteiger partial charge in [0, 0.05) is 18.8 Å². The SMILES string of the molecule is CCC1CCCCC1C=CCC(C)C(C[NH2+]CC1(O)C(OC2CCC3C(C2)[OH+]CC(C2CCC(O)CC2)C3O)OC(C(=O)[O-])C(O)C1O)CC1=C[CH+]N=C1. The minimum Gasteiger partial charge on any atom is -0.547 e. The maximum Gasteiger partial charge on any atom is 0.195 e. The first kappa shape index (κ1) is 41.8. The van der Waals surface area contributed by atoms with Gasteiger partial charge in [-0.1, -0.05) is 45.3 Å². The molecule has 14 unspecified atom stereocenters. The normalized spacial score (nSPS) is 42.6. The van der Waals surface area contributed by atoms with Gasteiger partial charge in [-0.15, -0.1) is 4.99 Å². The zero-order valence-corrected chi connectivity index (χ0v) is 32.4. The molecule has 5 fully saturated rings. The molecule has 8 N–H and O–H groups in total. The second kappa shape index (κ2) is 19.0. The van der Waals surface area contributed by atoms with Gasteiger partial charge >= 0.3 is 0 Å². The van der Waals surface area contributed by atoms with Crippen molar-refractivity contribution in [2.45, 2.75) is 158 Å². The van der Waals surface area contributed by atoms with Gasteiger partial charge in [-0.25, -0.2) is 0 Å². The summed E-state index contributed by atoms with van der Waals surface area (Å²) in [4.78, 5) is 16.3. The Balaban J connectivity index is 1.09. The summed E-state index contributed by atoms with van der Waals surface area (Å²) in [5.41, 5.74) is -0.984. The van der Waals surface area contributed by atoms with Gasteiger partial charge in [-0.2, -0.15) is 0 Å². The molecule has 0 aromatic rings. The minimum atomic E-state index is -2.12. The number of ether oxygens (including phenoxy) is 3. The maximum atomic E-state index is 12.1. The van der Waals surface area contributed by atoms with Crippen LogP contribution in [0.5, 0.6) is 0 Å². The van der Waals surface area contributed by atoms with Crippen molar-refractivity contribution in [3.63, 3.8) is 0 Å². The van der Waals surface area contributed by atoms with Gasteiger partial charge in [-0.3, -0.25) is 0 Å². The Morgan fingerprint density at radius 1 is 1.11 bits per heavy atom. The Bertz CT molecular complexity index is 1300. The molecule has 3 aliphatic carbocycles. The lowest BCUT2D eigenvalue weighted by molar-refractivity contribution is -0.680. The summed E-state index contributed by atoms with van der Waals surface area (Å²) < 4.78 is 17.1. The number of allylic oxidation sites excluding steroid dienone is 3. The lowest BCUT2D eigenvalue weighted by Crippen LogP contribution is -2.93. The number of rotatable bonds is 15. The van der Waals surface area contributed by atoms with Crippen molar-refractivity contribution in [1.29, 1.82) is 0 Å². The Kier molecular flexibility index (Phi) is 14.7. The lowest BCUT2D eigenvalue weighted by atomic mass is 9.69. The number of carboxylic acids is 1. The molecule has 0 aromatic heterocycles. The Labute approximate surface area is 321 Å². The average molecular weight is 761 g/mol. The summed E-state index contributed by atoms with van der Waals surface area (Å²) in [5, 5.41) is 69.6. The van der Waals surface area contributed by atoms with E-state index >= 15 is 0 Å². The van der Waals surface area contributed by atoms with Crippen molar-refractivity contribution in [1.82, 2.24) is 0 Å². The van der Waals surface area contributed by atoms with Crippen LogP contribution >= 0.6 is 0 Å². The monoisotopic (exact) mass is 760 g/mol. The van der Waals surface area contributed by atoms with E-state index in [1.54, 1.807) is 6.54 Å². The van der Waals surface area contributed by atoms with Crippen molar-refractivity contribution in [2.24, 2.45) is 46.4 Å². The van der Waals surface area contributed by atoms with E-state index in [0.29, 0.717) is 50.2 Å². The standard InChI is InChI=1S/C42H66N2O10/c1-3-27-8-4-5-9-28(27)10-6-7-25(2)30(19-26-17-18-43-21-26)22-44-24-42(51)39(48)37(47)38(40(49)50)54-41(42)53-32-15-16-33-35(20-32)52-23-34(36(33)46)29-11-13-31(45)14-12-29/h6,10,17-18,21,25,27-39,41,44-48,51H,3-5,7-9,11-16,19-20,22-24H2,1-2H3/p+2. The van der Waals surface area contributed by atoms with Gasteiger partial charge < -0.3 is 55.0 Å². The van der Waals surface area contributed by atoms with Crippen molar-refractivity contribution in [3.05, 3.63) is 30.3 Å². The fraction of sp³-hybridized carbons (Fsp3) is 0.833. The van der Waals surface area contributed by atoms with Gasteiger partial charge in [-0.05, 0) is 81.5 Å². The molecule has 0 amide bonds. The molecule has 6 aliphatic rings. The third-order valence-corrected chi connectivity index (χ3v) is 14.2. The molecule has 12 nitrogen and oxygen atoms in total. The highest BCUT2D eigenvalue weighted by molar-refractivity contribution is 5.81. The number of quaternary nitrogens is 1. The van der Waals surface area contributed by atoms with E-state index in [0.717, 1.165) is 50.0 Å². The van der Waals surface area contributed by atoms with Crippen LogP contribution in [0.1, 0.15) is 104 Å². The van der Waals surface area contributed by atoms with Crippen LogP contribution in [0.15, 0.2) is 28.8 Å². The number of hydrogen-bond acceptors (Lipinski definition) is 10. The van der Waals surface area contributed by atoms with Crippen LogP contribution in [0.25, 0.3) is 0 Å². The summed E-state index contributed by atoms with van der Waals surface area (Å²) in [5.74, 6) is 0.599. The molecule has 3 heterocycles. The Hall–Kier alpha value is -1.87. The highest BCUT2D eigenvalue weighted by atomic mass is 16.7. The van der Waals surface area contributed by atoms with E-state index in [-0.39, 0.29) is 36.5 Å². The number of aliphatic hydroxyl groups is 7. The summed E-state index contributed by atoms with van der Waals surface area (Å²) in [6.45, 7) is 7.39. The molecule has 0 spiro atoms. The number of carboxylic acid groups (broad SMARTS) is 1. The molecule has 3 aliphatic heterocycles. The van der Waals surface area contributed by atoms with E-state index in [1.807, 2.05) is 17.6 Å². The van der Waals surface area contributed by atoms with E-state index in [2.05, 4.69) is 31.0 Å². The Morgan fingerprint density at radius 2 is 1.89 bits per heavy atom. The van der Waals surface area contributed by atoms with Crippen LogP contribution in [-0.2, 0) is 14.3 Å². The summed E-state index contributed by atoms with van der Waals surface area (Å²) in [6, 6.07) is 0. The first-order valence-electron chi connectivity index (χ1n) is 21.1. The third-order valence-electron chi connectivity index (χ3n) is 14.2. The zero-order valence-electron chi connectivity index (χ0n) is 32.4. The molecule has 0 aromatic carbocycles. The largest absolute Gasteiger partial charge is 0.547 e. The molecule has 304 valence electrons. The predicted octanol–water partition coefficient (Wildman–Crippen LogP) is 1.08. The lowest BCUT2D eigenvalue weighted by Gasteiger charge is -2.49. The number of carbonyl (C=O) groups is 1. The second-order valence-corrected chi connectivity index (χ2v) is 17.6. The van der Waals surface area contributed by atoms with Crippen LogP contribution in [-0.4, -0.2) is 117 Å². The van der Waals surface area contributed by atoms with Crippen molar-refractivity contribution in [2.75, 3.05) is 19.7 Å². The first-order chi connectivity index (χ1) is 26.0. The molecule has 0 bridgehead atoms. The van der Waals surface area contributed by atoms with E-state index in [1.165, 1.54) is 32.1 Å². The number of nitrogens with zero attached hydrogens (tertiary/aromatic N) is 1. The third kappa shape index (κ3) is 9.80. The van der Waals surface area contributed by atoms with Crippen LogP contribution in [0.2, 0.25) is 0 Å². The highest BCUT2D eigenvalue weighted by Crippen LogP contribution is 2.43. The van der Waals surface area contributed by atoms with Crippen LogP contribution in [0.4, 0.5) is 0 Å². The molecular weight excluding hydrogens is 692 g/mol. The first-order valence-corrected chi connectivity index (χ1v) is 21.1. The number of aliphatic imine (C=N–C) groups is 1. The number of aliphatic carboxylic acids is 1. The molecule has 0 radical (unpaired) electrons. The molecule has 14 atom stereocenters. The van der Waals surface area contributed by atoms with Crippen molar-refractivity contribution >= 4 is 12.2 Å². The van der Waals surface area contributed by atoms with Crippen LogP contribution < -0.4 is 10.4 Å². The predicted molar refractivity (Wildman–Crippen MR) is 200 cm³/mol. The molecular formula is C42H68N2O10+2. The van der Waals surface area contributed by atoms with Gasteiger partial charge in [0.15, 0.2) is 30.8 Å². The van der Waals surface area contributed by atoms with Crippen molar-refractivity contribution in [3.8, 4) is 0 Å². The Morgan fingerprint density at radius 3 is 2.61 bits per heavy atom. The number of aliphatic hydroxyl groups excluding tert-OH is 4. The van der Waals surface area contributed by atoms with Crippen LogP contribution in [0.3, 0.4) is 0 Å². The fourth-order valence-electron chi connectivity index (χ4n) is 10.6. The van der Waals surface area contributed by atoms with E-state index in [9.17, 15) is 35.4 Å². The van der Waals surface area contributed by atoms with Crippen LogP contribution in [0, 0.1) is 48.0 Å². The number of fused-ring (bicyclic) bond motifs is 1. The molecule has 54 heavy (non-hydrogen) atoms. The molecule has 3 saturated carbocycles. The van der Waals surface area contributed by atoms with Gasteiger partial charge in [0.25, 0.3) is 0 Å². The number of nitrogens with two attached hydrogens (primary N) is 1. The molecule has 12 heteroatoms. The number of hydrogen-bond donors (Lipinski definition) is 6. The van der Waals surface area contributed by atoms with Gasteiger partial charge in [0.05, 0.1) is 48.7 Å². The quantitative estimate of drug-likeness (QED) is 0.0803. The second-order valence-electron chi connectivity index (χ2n) is 17.6. The fourth-order valence-corrected chi connectivity index (χ4v) is 10.6. The zero-order chi connectivity index (χ0) is 38.4. The topological polar surface area (TPSA) is 202 Å². The summed E-state index contributed by atoms with van der Waals surface area (Å²) >= 11 is 0. The van der Waals surface area contributed by atoms with Crippen molar-refractivity contribution < 1.29 is 55.0 Å². The maximum absolute atomic E-state index is 12.1. The van der Waals surface area contributed by atoms with E-state index < -0.39 is 48.4 Å². The van der Waals surface area contributed by atoms with E-state index in [4.69, 9.17) is 14.2 Å². The average Bonchev–Trinajstić information content (AvgIpc) is 3.69. The van der Waals surface area contributed by atoms with Gasteiger partial charge in [0.1, 0.15) is 37.0 Å². The minimum absolute atomic E-state index is 0.0274.